The fourth-order valence-corrected chi connectivity index (χ4v) is 10.1. The number of fused-ring (bicyclic) bond motifs is 4. The number of rotatable bonds is 5. The molecule has 0 aliphatic heterocycles. The van der Waals surface area contributed by atoms with Crippen LogP contribution < -0.4 is 10.4 Å². The number of allylic oxidation sites excluding steroid dienone is 5. The normalized spacial score (nSPS) is 20.1. The molecule has 0 saturated carbocycles. The summed E-state index contributed by atoms with van der Waals surface area (Å²) in [7, 11) is 0. The van der Waals surface area contributed by atoms with Gasteiger partial charge in [0.1, 0.15) is 0 Å². The Bertz CT molecular complexity index is 2740. The van der Waals surface area contributed by atoms with Crippen LogP contribution in [0, 0.1) is 5.41 Å². The lowest BCUT2D eigenvalue weighted by molar-refractivity contribution is 0.450. The molecule has 1 aromatic heterocycles. The molecule has 248 valence electrons. The summed E-state index contributed by atoms with van der Waals surface area (Å²) in [5, 5.41) is 5.40. The van der Waals surface area contributed by atoms with Crippen molar-refractivity contribution in [1.82, 2.24) is 0 Å². The lowest BCUT2D eigenvalue weighted by Crippen LogP contribution is -2.32. The fourth-order valence-electron chi connectivity index (χ4n) is 9.13. The van der Waals surface area contributed by atoms with Crippen LogP contribution in [0.1, 0.15) is 53.0 Å². The highest BCUT2D eigenvalue weighted by molar-refractivity contribution is 7.18. The number of benzene rings is 6. The van der Waals surface area contributed by atoms with E-state index in [4.69, 9.17) is 0 Å². The van der Waals surface area contributed by atoms with Gasteiger partial charge in [0.15, 0.2) is 0 Å². The maximum Gasteiger partial charge on any atom is 0.0349 e. The predicted octanol–water partition coefficient (Wildman–Crippen LogP) is 12.1. The summed E-state index contributed by atoms with van der Waals surface area (Å²) >= 11 is 1.86. The molecule has 0 saturated heterocycles. The van der Waals surface area contributed by atoms with E-state index in [9.17, 15) is 0 Å². The first-order valence-electron chi connectivity index (χ1n) is 18.4. The molecule has 3 unspecified atom stereocenters. The van der Waals surface area contributed by atoms with Crippen LogP contribution in [-0.4, -0.2) is 0 Å². The average molecular weight is 683 g/mol. The third-order valence-corrected chi connectivity index (χ3v) is 12.8. The minimum atomic E-state index is -0.244. The summed E-state index contributed by atoms with van der Waals surface area (Å²) in [5.41, 5.74) is 11.8. The Balaban J connectivity index is 1.12. The molecule has 10 rings (SSSR count). The van der Waals surface area contributed by atoms with E-state index >= 15 is 0 Å². The largest absolute Gasteiger partial charge is 0.135 e. The van der Waals surface area contributed by atoms with Crippen molar-refractivity contribution in [2.45, 2.75) is 25.2 Å². The molecule has 0 nitrogen and oxygen atoms in total. The molecule has 0 radical (unpaired) electrons. The highest BCUT2D eigenvalue weighted by atomic mass is 32.1. The molecule has 0 spiro atoms. The molecule has 3 aliphatic carbocycles. The molecule has 1 heterocycles. The molecule has 3 atom stereocenters. The summed E-state index contributed by atoms with van der Waals surface area (Å²) in [6.07, 6.45) is 15.2. The number of hydrogen-bond acceptors (Lipinski definition) is 1. The van der Waals surface area contributed by atoms with Crippen LogP contribution in [0.25, 0.3) is 49.4 Å². The van der Waals surface area contributed by atoms with Crippen LogP contribution in [0.2, 0.25) is 0 Å². The molecular weight excluding hydrogens is 645 g/mol. The van der Waals surface area contributed by atoms with E-state index in [0.717, 1.165) is 6.42 Å². The van der Waals surface area contributed by atoms with Gasteiger partial charge in [-0.15, -0.1) is 11.3 Å². The predicted molar refractivity (Wildman–Crippen MR) is 222 cm³/mol. The van der Waals surface area contributed by atoms with Crippen LogP contribution in [0.3, 0.4) is 0 Å². The molecule has 0 bridgehead atoms. The van der Waals surface area contributed by atoms with Crippen LogP contribution in [-0.2, 0) is 0 Å². The lowest BCUT2D eigenvalue weighted by Gasteiger charge is -2.45. The second-order valence-electron chi connectivity index (χ2n) is 14.6. The Kier molecular flexibility index (Phi) is 7.44. The highest BCUT2D eigenvalue weighted by Crippen LogP contribution is 2.58. The van der Waals surface area contributed by atoms with Crippen molar-refractivity contribution in [2.75, 3.05) is 0 Å². The minimum Gasteiger partial charge on any atom is -0.135 e. The molecule has 6 aromatic carbocycles. The van der Waals surface area contributed by atoms with Gasteiger partial charge >= 0.3 is 0 Å². The van der Waals surface area contributed by atoms with Crippen molar-refractivity contribution < 1.29 is 0 Å². The summed E-state index contributed by atoms with van der Waals surface area (Å²) < 4.78 is 0. The Morgan fingerprint density at radius 2 is 1.23 bits per heavy atom. The molecule has 3 aliphatic rings. The Labute approximate surface area is 309 Å². The van der Waals surface area contributed by atoms with E-state index in [1.165, 1.54) is 81.1 Å². The summed E-state index contributed by atoms with van der Waals surface area (Å²) in [4.78, 5) is 2.59. The third kappa shape index (κ3) is 5.03. The minimum absolute atomic E-state index is 0.152. The van der Waals surface area contributed by atoms with Gasteiger partial charge in [-0.05, 0) is 95.9 Å². The number of hydrogen-bond donors (Lipinski definition) is 0. The lowest BCUT2D eigenvalue weighted by atomic mass is 9.57. The third-order valence-electron chi connectivity index (χ3n) is 11.6. The van der Waals surface area contributed by atoms with E-state index in [1.54, 1.807) is 0 Å². The van der Waals surface area contributed by atoms with Crippen molar-refractivity contribution in [2.24, 2.45) is 5.41 Å². The Morgan fingerprint density at radius 3 is 2.10 bits per heavy atom. The van der Waals surface area contributed by atoms with Crippen molar-refractivity contribution >= 4 is 39.8 Å². The van der Waals surface area contributed by atoms with Crippen LogP contribution in [0.15, 0.2) is 182 Å². The van der Waals surface area contributed by atoms with E-state index < -0.39 is 0 Å². The maximum atomic E-state index is 2.47. The van der Waals surface area contributed by atoms with E-state index in [1.807, 2.05) is 11.3 Å². The van der Waals surface area contributed by atoms with Crippen molar-refractivity contribution in [3.63, 3.8) is 0 Å². The second kappa shape index (κ2) is 12.5. The molecule has 0 fully saturated rings. The first-order valence-corrected chi connectivity index (χ1v) is 19.2. The van der Waals surface area contributed by atoms with Crippen molar-refractivity contribution in [1.29, 1.82) is 0 Å². The Hall–Kier alpha value is -5.76. The molecular formula is C51H38S. The average Bonchev–Trinajstić information content (AvgIpc) is 3.71. The summed E-state index contributed by atoms with van der Waals surface area (Å²) in [6, 6.07) is 56.4. The van der Waals surface area contributed by atoms with Gasteiger partial charge in [0.25, 0.3) is 0 Å². The summed E-state index contributed by atoms with van der Waals surface area (Å²) in [6.45, 7) is 2.46. The van der Waals surface area contributed by atoms with Gasteiger partial charge in [-0.1, -0.05) is 177 Å². The molecule has 7 aromatic rings. The molecule has 0 amide bonds. The first-order chi connectivity index (χ1) is 25.7. The standard InChI is InChI=1S/C51H38S/c1-51-31-12-11-24-46(51)49(39-19-13-18-38(33-39)48-30-29-47(52-48)35-15-3-2-4-16-35)43-22-9-10-23-44(43)50(51)45-28-27-40(41-20-7-8-21-42(41)45)37-26-25-34-14-5-6-17-36(34)32-37/h2-25,27-33,37,50H,26H2,1H3. The van der Waals surface area contributed by atoms with Gasteiger partial charge < -0.3 is 0 Å². The second-order valence-corrected chi connectivity index (χ2v) is 15.6. The quantitative estimate of drug-likeness (QED) is 0.170. The van der Waals surface area contributed by atoms with Gasteiger partial charge in [-0.2, -0.15) is 0 Å². The van der Waals surface area contributed by atoms with Gasteiger partial charge in [0.2, 0.25) is 0 Å². The van der Waals surface area contributed by atoms with Crippen molar-refractivity contribution in [3.05, 3.63) is 220 Å². The smallest absolute Gasteiger partial charge is 0.0349 e. The fraction of sp³-hybridized carbons (Fsp3) is 0.0980. The molecule has 1 heteroatoms. The van der Waals surface area contributed by atoms with Gasteiger partial charge in [-0.25, -0.2) is 0 Å². The molecule has 52 heavy (non-hydrogen) atoms. The van der Waals surface area contributed by atoms with E-state index in [-0.39, 0.29) is 11.3 Å². The monoisotopic (exact) mass is 682 g/mol. The van der Waals surface area contributed by atoms with Crippen LogP contribution in [0.4, 0.5) is 0 Å². The zero-order valence-electron chi connectivity index (χ0n) is 29.2. The number of thiophene rings is 1. The zero-order chi connectivity index (χ0) is 34.6. The Morgan fingerprint density at radius 1 is 0.558 bits per heavy atom. The van der Waals surface area contributed by atoms with Crippen molar-refractivity contribution in [3.8, 4) is 20.9 Å². The van der Waals surface area contributed by atoms with Gasteiger partial charge in [0, 0.05) is 27.0 Å². The topological polar surface area (TPSA) is 0 Å². The van der Waals surface area contributed by atoms with E-state index in [0.29, 0.717) is 5.92 Å². The van der Waals surface area contributed by atoms with Crippen LogP contribution >= 0.6 is 11.3 Å². The first kappa shape index (κ1) is 31.0. The SMILES string of the molecule is CC12C=CC=CC1=C(c1cccc(-c3ccc(-c4ccccc4)s3)c1)c1ccccc1C2c1ccc(C2C=c3ccccc3=CC2)c2ccccc12. The van der Waals surface area contributed by atoms with Gasteiger partial charge in [-0.3, -0.25) is 0 Å². The van der Waals surface area contributed by atoms with E-state index in [2.05, 4.69) is 195 Å². The van der Waals surface area contributed by atoms with Crippen LogP contribution in [0.5, 0.6) is 0 Å². The van der Waals surface area contributed by atoms with Gasteiger partial charge in [0.05, 0.1) is 0 Å². The summed E-state index contributed by atoms with van der Waals surface area (Å²) in [5.74, 6) is 0.501. The molecule has 0 N–H and O–H groups in total. The highest BCUT2D eigenvalue weighted by Gasteiger charge is 2.44. The zero-order valence-corrected chi connectivity index (χ0v) is 30.0. The maximum absolute atomic E-state index is 2.47.